The highest BCUT2D eigenvalue weighted by Crippen LogP contribution is 2.28. The fraction of sp³-hybridized carbons (Fsp3) is 0.385. The highest BCUT2D eigenvalue weighted by atomic mass is 19.1. The van der Waals surface area contributed by atoms with E-state index in [1.54, 1.807) is 4.90 Å². The van der Waals surface area contributed by atoms with Crippen LogP contribution in [0.1, 0.15) is 19.3 Å². The normalized spacial score (nSPS) is 19.8. The van der Waals surface area contributed by atoms with Crippen LogP contribution in [0.3, 0.4) is 0 Å². The third-order valence-electron chi connectivity index (χ3n) is 3.37. The second-order valence-electron chi connectivity index (χ2n) is 4.65. The third kappa shape index (κ3) is 2.14. The van der Waals surface area contributed by atoms with Crippen LogP contribution in [-0.2, 0) is 4.79 Å². The summed E-state index contributed by atoms with van der Waals surface area (Å²) in [4.78, 5) is 17.1. The Morgan fingerprint density at radius 3 is 3.11 bits per heavy atom. The van der Waals surface area contributed by atoms with Crippen molar-refractivity contribution in [3.05, 3.63) is 24.0 Å². The topological polar surface area (TPSA) is 66.6 Å². The molecule has 0 unspecified atom stereocenters. The number of hydrogen-bond acceptors (Lipinski definition) is 4. The summed E-state index contributed by atoms with van der Waals surface area (Å²) in [6.45, 7) is 0.590. The van der Waals surface area contributed by atoms with Gasteiger partial charge >= 0.3 is 5.97 Å². The molecule has 0 spiro atoms. The van der Waals surface area contributed by atoms with Gasteiger partial charge in [-0.1, -0.05) is 0 Å². The first kappa shape index (κ1) is 12.0. The summed E-state index contributed by atoms with van der Waals surface area (Å²) < 4.78 is 18.6. The van der Waals surface area contributed by atoms with Gasteiger partial charge in [0.25, 0.3) is 6.01 Å². The van der Waals surface area contributed by atoms with Crippen LogP contribution in [-0.4, -0.2) is 28.6 Å². The lowest BCUT2D eigenvalue weighted by Crippen LogP contribution is -2.44. The van der Waals surface area contributed by atoms with Crippen LogP contribution in [0, 0.1) is 5.82 Å². The van der Waals surface area contributed by atoms with E-state index in [0.717, 1.165) is 12.8 Å². The molecule has 19 heavy (non-hydrogen) atoms. The molecule has 1 aliphatic rings. The Hall–Kier alpha value is -2.11. The fourth-order valence-corrected chi connectivity index (χ4v) is 2.43. The molecule has 0 aliphatic carbocycles. The monoisotopic (exact) mass is 264 g/mol. The number of rotatable bonds is 2. The summed E-state index contributed by atoms with van der Waals surface area (Å²) in [5, 5.41) is 9.22. The molecule has 0 radical (unpaired) electrons. The van der Waals surface area contributed by atoms with E-state index in [4.69, 9.17) is 4.42 Å². The first-order valence-electron chi connectivity index (χ1n) is 6.21. The Bertz CT molecular complexity index is 625. The number of nitrogens with zero attached hydrogens (tertiary/aromatic N) is 2. The smallest absolute Gasteiger partial charge is 0.326 e. The molecule has 0 bridgehead atoms. The number of carboxylic acid groups (broad SMARTS) is 1. The maximum atomic E-state index is 13.1. The number of carboxylic acids is 1. The molecule has 6 heteroatoms. The standard InChI is InChI=1S/C13H13FN2O3/c14-8-4-5-11-9(7-8)15-13(19-11)16-6-2-1-3-10(16)12(17)18/h4-5,7,10H,1-3,6H2,(H,17,18)/t10-/m0/s1. The van der Waals surface area contributed by atoms with Crippen molar-refractivity contribution in [2.45, 2.75) is 25.3 Å². The van der Waals surface area contributed by atoms with Crippen LogP contribution in [0.25, 0.3) is 11.1 Å². The van der Waals surface area contributed by atoms with Crippen molar-refractivity contribution in [1.29, 1.82) is 0 Å². The first-order chi connectivity index (χ1) is 9.15. The summed E-state index contributed by atoms with van der Waals surface area (Å²) in [5.41, 5.74) is 0.871. The second-order valence-corrected chi connectivity index (χ2v) is 4.65. The summed E-state index contributed by atoms with van der Waals surface area (Å²) in [7, 11) is 0. The van der Waals surface area contributed by atoms with Gasteiger partial charge < -0.3 is 14.4 Å². The van der Waals surface area contributed by atoms with E-state index >= 15 is 0 Å². The third-order valence-corrected chi connectivity index (χ3v) is 3.37. The van der Waals surface area contributed by atoms with Crippen molar-refractivity contribution in [3.63, 3.8) is 0 Å². The molecule has 1 saturated heterocycles. The van der Waals surface area contributed by atoms with E-state index in [1.165, 1.54) is 18.2 Å². The number of aliphatic carboxylic acids is 1. The number of fused-ring (bicyclic) bond motifs is 1. The lowest BCUT2D eigenvalue weighted by molar-refractivity contribution is -0.139. The van der Waals surface area contributed by atoms with Crippen LogP contribution >= 0.6 is 0 Å². The van der Waals surface area contributed by atoms with Crippen LogP contribution in [0.4, 0.5) is 10.4 Å². The number of benzene rings is 1. The van der Waals surface area contributed by atoms with Gasteiger partial charge in [-0.25, -0.2) is 9.18 Å². The minimum atomic E-state index is -0.881. The average Bonchev–Trinajstić information content (AvgIpc) is 2.81. The van der Waals surface area contributed by atoms with Gasteiger partial charge in [0.05, 0.1) is 0 Å². The Morgan fingerprint density at radius 2 is 2.32 bits per heavy atom. The predicted molar refractivity (Wildman–Crippen MR) is 66.6 cm³/mol. The molecule has 0 saturated carbocycles. The summed E-state index contributed by atoms with van der Waals surface area (Å²) in [5.74, 6) is -1.27. The van der Waals surface area contributed by atoms with Crippen molar-refractivity contribution in [3.8, 4) is 0 Å². The van der Waals surface area contributed by atoms with Gasteiger partial charge in [0.2, 0.25) is 0 Å². The van der Waals surface area contributed by atoms with E-state index in [2.05, 4.69) is 4.98 Å². The van der Waals surface area contributed by atoms with Crippen LogP contribution in [0.5, 0.6) is 0 Å². The maximum absolute atomic E-state index is 13.1. The molecule has 2 aromatic rings. The zero-order valence-corrected chi connectivity index (χ0v) is 10.2. The summed E-state index contributed by atoms with van der Waals surface area (Å²) in [6, 6.07) is 3.71. The van der Waals surface area contributed by atoms with Gasteiger partial charge in [0.15, 0.2) is 5.58 Å². The predicted octanol–water partition coefficient (Wildman–Crippen LogP) is 2.41. The van der Waals surface area contributed by atoms with Crippen LogP contribution in [0.2, 0.25) is 0 Å². The number of piperidine rings is 1. The molecular weight excluding hydrogens is 251 g/mol. The van der Waals surface area contributed by atoms with Crippen molar-refractivity contribution >= 4 is 23.1 Å². The number of oxazole rings is 1. The molecule has 5 nitrogen and oxygen atoms in total. The van der Waals surface area contributed by atoms with Gasteiger partial charge in [0.1, 0.15) is 17.4 Å². The first-order valence-corrected chi connectivity index (χ1v) is 6.21. The molecule has 2 heterocycles. The zero-order chi connectivity index (χ0) is 13.4. The van der Waals surface area contributed by atoms with Crippen molar-refractivity contribution in [1.82, 2.24) is 4.98 Å². The molecule has 1 atom stereocenters. The highest BCUT2D eigenvalue weighted by molar-refractivity contribution is 5.79. The van der Waals surface area contributed by atoms with Gasteiger partial charge in [-0.2, -0.15) is 4.98 Å². The number of halogens is 1. The van der Waals surface area contributed by atoms with Gasteiger partial charge in [-0.05, 0) is 31.4 Å². The Labute approximate surface area is 108 Å². The Kier molecular flexibility index (Phi) is 2.85. The largest absolute Gasteiger partial charge is 0.480 e. The number of carbonyl (C=O) groups is 1. The molecule has 1 aromatic carbocycles. The number of anilines is 1. The van der Waals surface area contributed by atoms with Crippen LogP contribution < -0.4 is 4.90 Å². The minimum Gasteiger partial charge on any atom is -0.480 e. The van der Waals surface area contributed by atoms with Crippen molar-refractivity contribution in [2.24, 2.45) is 0 Å². The van der Waals surface area contributed by atoms with E-state index < -0.39 is 12.0 Å². The van der Waals surface area contributed by atoms with Gasteiger partial charge in [0, 0.05) is 12.6 Å². The van der Waals surface area contributed by atoms with Crippen molar-refractivity contribution < 1.29 is 18.7 Å². The SMILES string of the molecule is O=C(O)[C@@H]1CCCCN1c1nc2cc(F)ccc2o1. The lowest BCUT2D eigenvalue weighted by Gasteiger charge is -2.31. The molecular formula is C13H13FN2O3. The number of hydrogen-bond donors (Lipinski definition) is 1. The minimum absolute atomic E-state index is 0.257. The molecule has 1 fully saturated rings. The molecule has 1 aliphatic heterocycles. The lowest BCUT2D eigenvalue weighted by atomic mass is 10.0. The summed E-state index contributed by atoms with van der Waals surface area (Å²) in [6.07, 6.45) is 2.35. The Balaban J connectivity index is 1.99. The van der Waals surface area contributed by atoms with E-state index in [-0.39, 0.29) is 11.8 Å². The molecule has 1 N–H and O–H groups in total. The summed E-state index contributed by atoms with van der Waals surface area (Å²) >= 11 is 0. The fourth-order valence-electron chi connectivity index (χ4n) is 2.43. The quantitative estimate of drug-likeness (QED) is 0.902. The van der Waals surface area contributed by atoms with Crippen LogP contribution in [0.15, 0.2) is 22.6 Å². The second kappa shape index (κ2) is 4.53. The van der Waals surface area contributed by atoms with E-state index in [9.17, 15) is 14.3 Å². The number of aromatic nitrogens is 1. The maximum Gasteiger partial charge on any atom is 0.326 e. The zero-order valence-electron chi connectivity index (χ0n) is 10.2. The van der Waals surface area contributed by atoms with E-state index in [1.807, 2.05) is 0 Å². The van der Waals surface area contributed by atoms with Gasteiger partial charge in [-0.15, -0.1) is 0 Å². The molecule has 3 rings (SSSR count). The highest BCUT2D eigenvalue weighted by Gasteiger charge is 2.31. The molecule has 0 amide bonds. The van der Waals surface area contributed by atoms with E-state index in [0.29, 0.717) is 24.1 Å². The molecule has 100 valence electrons. The Morgan fingerprint density at radius 1 is 1.47 bits per heavy atom. The molecule has 1 aromatic heterocycles. The van der Waals surface area contributed by atoms with Gasteiger partial charge in [-0.3, -0.25) is 0 Å². The van der Waals surface area contributed by atoms with Crippen molar-refractivity contribution in [2.75, 3.05) is 11.4 Å². The average molecular weight is 264 g/mol.